The number of aromatic nitrogens is 2. The normalized spacial score (nSPS) is 16.5. The molecule has 0 bridgehead atoms. The predicted octanol–water partition coefficient (Wildman–Crippen LogP) is 3.01. The van der Waals surface area contributed by atoms with E-state index in [1.54, 1.807) is 6.20 Å². The summed E-state index contributed by atoms with van der Waals surface area (Å²) in [6, 6.07) is 5.75. The number of fused-ring (bicyclic) bond motifs is 1. The summed E-state index contributed by atoms with van der Waals surface area (Å²) < 4.78 is 7.16. The first kappa shape index (κ1) is 12.2. The third-order valence-corrected chi connectivity index (χ3v) is 3.78. The Kier molecular flexibility index (Phi) is 2.81. The average Bonchev–Trinajstić information content (AvgIpc) is 3.01. The van der Waals surface area contributed by atoms with Gasteiger partial charge < -0.3 is 9.30 Å². The van der Waals surface area contributed by atoms with Gasteiger partial charge in [0.1, 0.15) is 11.3 Å². The summed E-state index contributed by atoms with van der Waals surface area (Å²) in [4.78, 5) is 16.5. The summed E-state index contributed by atoms with van der Waals surface area (Å²) in [7, 11) is 0. The van der Waals surface area contributed by atoms with Crippen LogP contribution in [0.4, 0.5) is 0 Å². The van der Waals surface area contributed by atoms with Crippen molar-refractivity contribution in [2.45, 2.75) is 33.2 Å². The molecule has 19 heavy (non-hydrogen) atoms. The van der Waals surface area contributed by atoms with Gasteiger partial charge in [-0.3, -0.25) is 0 Å². The zero-order chi connectivity index (χ0) is 13.5. The zero-order valence-electron chi connectivity index (χ0n) is 11.3. The van der Waals surface area contributed by atoms with Gasteiger partial charge in [-0.05, 0) is 43.4 Å². The van der Waals surface area contributed by atoms with E-state index < -0.39 is 0 Å². The fraction of sp³-hybridized carbons (Fsp3) is 0.467. The highest BCUT2D eigenvalue weighted by Gasteiger charge is 2.38. The van der Waals surface area contributed by atoms with E-state index in [4.69, 9.17) is 4.74 Å². The van der Waals surface area contributed by atoms with Gasteiger partial charge in [0.2, 0.25) is 0 Å². The maximum absolute atomic E-state index is 12.1. The molecule has 100 valence electrons. The minimum Gasteiger partial charge on any atom is -0.461 e. The summed E-state index contributed by atoms with van der Waals surface area (Å²) in [5, 5.41) is 0.995. The molecule has 0 unspecified atom stereocenters. The van der Waals surface area contributed by atoms with Gasteiger partial charge in [0.05, 0.1) is 6.61 Å². The number of nitrogens with zero attached hydrogens (tertiary/aromatic N) is 2. The third kappa shape index (κ3) is 2.23. The van der Waals surface area contributed by atoms with Crippen LogP contribution in [-0.4, -0.2) is 22.1 Å². The Morgan fingerprint density at radius 2 is 2.32 bits per heavy atom. The molecule has 3 rings (SSSR count). The van der Waals surface area contributed by atoms with Crippen molar-refractivity contribution in [2.24, 2.45) is 5.41 Å². The third-order valence-electron chi connectivity index (χ3n) is 3.78. The van der Waals surface area contributed by atoms with E-state index in [2.05, 4.69) is 11.9 Å². The Labute approximate surface area is 112 Å². The van der Waals surface area contributed by atoms with E-state index in [1.807, 2.05) is 29.7 Å². The maximum Gasteiger partial charge on any atom is 0.355 e. The molecular formula is C15H18N2O2. The minimum absolute atomic E-state index is 0.259. The molecule has 1 fully saturated rings. The molecule has 1 aliphatic carbocycles. The standard InChI is InChI=1S/C15H18N2O2/c1-3-19-14(18)12-9-11-5-4-8-16-13(11)17(12)10-15(2)6-7-15/h4-5,8-9H,3,6-7,10H2,1-2H3. The lowest BCUT2D eigenvalue weighted by atomic mass is 10.1. The van der Waals surface area contributed by atoms with Gasteiger partial charge in [0, 0.05) is 18.1 Å². The number of pyridine rings is 1. The number of esters is 1. The summed E-state index contributed by atoms with van der Waals surface area (Å²) in [6.07, 6.45) is 4.19. The van der Waals surface area contributed by atoms with E-state index in [0.29, 0.717) is 17.7 Å². The number of rotatable bonds is 4. The van der Waals surface area contributed by atoms with Crippen molar-refractivity contribution < 1.29 is 9.53 Å². The van der Waals surface area contributed by atoms with E-state index in [-0.39, 0.29) is 5.97 Å². The Balaban J connectivity index is 2.08. The van der Waals surface area contributed by atoms with Crippen molar-refractivity contribution in [3.8, 4) is 0 Å². The molecule has 2 aromatic heterocycles. The number of hydrogen-bond donors (Lipinski definition) is 0. The van der Waals surface area contributed by atoms with E-state index in [1.165, 1.54) is 12.8 Å². The molecule has 4 heteroatoms. The van der Waals surface area contributed by atoms with Crippen molar-refractivity contribution in [3.05, 3.63) is 30.1 Å². The SMILES string of the molecule is CCOC(=O)c1cc2cccnc2n1CC1(C)CC1. The quantitative estimate of drug-likeness (QED) is 0.792. The highest BCUT2D eigenvalue weighted by atomic mass is 16.5. The molecule has 2 heterocycles. The van der Waals surface area contributed by atoms with Crippen LogP contribution in [0.2, 0.25) is 0 Å². The van der Waals surface area contributed by atoms with Crippen LogP contribution in [0.1, 0.15) is 37.2 Å². The van der Waals surface area contributed by atoms with E-state index in [0.717, 1.165) is 17.6 Å². The summed E-state index contributed by atoms with van der Waals surface area (Å²) in [5.74, 6) is -0.259. The van der Waals surface area contributed by atoms with Crippen molar-refractivity contribution in [3.63, 3.8) is 0 Å². The Bertz CT molecular complexity index is 626. The van der Waals surface area contributed by atoms with Crippen LogP contribution in [0.3, 0.4) is 0 Å². The summed E-state index contributed by atoms with van der Waals surface area (Å²) >= 11 is 0. The zero-order valence-corrected chi connectivity index (χ0v) is 11.3. The van der Waals surface area contributed by atoms with Gasteiger partial charge >= 0.3 is 5.97 Å². The number of carbonyl (C=O) groups excluding carboxylic acids is 1. The largest absolute Gasteiger partial charge is 0.461 e. The fourth-order valence-corrected chi connectivity index (χ4v) is 2.37. The molecule has 0 amide bonds. The van der Waals surface area contributed by atoms with Crippen LogP contribution in [0.15, 0.2) is 24.4 Å². The first-order valence-corrected chi connectivity index (χ1v) is 6.74. The van der Waals surface area contributed by atoms with Gasteiger partial charge in [0.25, 0.3) is 0 Å². The summed E-state index contributed by atoms with van der Waals surface area (Å²) in [5.41, 5.74) is 1.80. The van der Waals surface area contributed by atoms with Crippen LogP contribution >= 0.6 is 0 Å². The van der Waals surface area contributed by atoms with Crippen LogP contribution < -0.4 is 0 Å². The van der Waals surface area contributed by atoms with Gasteiger partial charge in [-0.15, -0.1) is 0 Å². The highest BCUT2D eigenvalue weighted by molar-refractivity contribution is 5.94. The van der Waals surface area contributed by atoms with Crippen LogP contribution in [-0.2, 0) is 11.3 Å². The van der Waals surface area contributed by atoms with Crippen molar-refractivity contribution in [2.75, 3.05) is 6.61 Å². The second-order valence-electron chi connectivity index (χ2n) is 5.56. The fourth-order valence-electron chi connectivity index (χ4n) is 2.37. The predicted molar refractivity (Wildman–Crippen MR) is 73.0 cm³/mol. The van der Waals surface area contributed by atoms with Crippen molar-refractivity contribution in [1.29, 1.82) is 0 Å². The molecule has 0 aromatic carbocycles. The molecular weight excluding hydrogens is 240 g/mol. The van der Waals surface area contributed by atoms with Gasteiger partial charge in [0.15, 0.2) is 0 Å². The van der Waals surface area contributed by atoms with Crippen LogP contribution in [0, 0.1) is 5.41 Å². The Morgan fingerprint density at radius 3 is 3.00 bits per heavy atom. The van der Waals surface area contributed by atoms with Gasteiger partial charge in [-0.2, -0.15) is 0 Å². The topological polar surface area (TPSA) is 44.1 Å². The van der Waals surface area contributed by atoms with E-state index >= 15 is 0 Å². The molecule has 0 spiro atoms. The lowest BCUT2D eigenvalue weighted by molar-refractivity contribution is 0.0513. The number of ether oxygens (including phenoxy) is 1. The van der Waals surface area contributed by atoms with Crippen molar-refractivity contribution in [1.82, 2.24) is 9.55 Å². The molecule has 1 aliphatic rings. The maximum atomic E-state index is 12.1. The van der Waals surface area contributed by atoms with Crippen LogP contribution in [0.25, 0.3) is 11.0 Å². The summed E-state index contributed by atoms with van der Waals surface area (Å²) in [6.45, 7) is 5.30. The lowest BCUT2D eigenvalue weighted by Gasteiger charge is -2.13. The molecule has 0 N–H and O–H groups in total. The molecule has 4 nitrogen and oxygen atoms in total. The smallest absolute Gasteiger partial charge is 0.355 e. The first-order valence-electron chi connectivity index (χ1n) is 6.74. The number of hydrogen-bond acceptors (Lipinski definition) is 3. The number of carbonyl (C=O) groups is 1. The molecule has 0 atom stereocenters. The minimum atomic E-state index is -0.259. The first-order chi connectivity index (χ1) is 9.13. The molecule has 0 aliphatic heterocycles. The molecule has 0 saturated heterocycles. The molecule has 1 saturated carbocycles. The Morgan fingerprint density at radius 1 is 1.53 bits per heavy atom. The van der Waals surface area contributed by atoms with Gasteiger partial charge in [-0.1, -0.05) is 6.92 Å². The lowest BCUT2D eigenvalue weighted by Crippen LogP contribution is -2.16. The monoisotopic (exact) mass is 258 g/mol. The molecule has 0 radical (unpaired) electrons. The van der Waals surface area contributed by atoms with Crippen molar-refractivity contribution >= 4 is 17.0 Å². The van der Waals surface area contributed by atoms with Gasteiger partial charge in [-0.25, -0.2) is 9.78 Å². The average molecular weight is 258 g/mol. The Hall–Kier alpha value is -1.84. The molecule has 2 aromatic rings. The van der Waals surface area contributed by atoms with Crippen LogP contribution in [0.5, 0.6) is 0 Å². The second kappa shape index (κ2) is 4.37. The second-order valence-corrected chi connectivity index (χ2v) is 5.56. The van der Waals surface area contributed by atoms with E-state index in [9.17, 15) is 4.79 Å². The highest BCUT2D eigenvalue weighted by Crippen LogP contribution is 2.47.